The number of esters is 1. The lowest BCUT2D eigenvalue weighted by molar-refractivity contribution is -0.386. The summed E-state index contributed by atoms with van der Waals surface area (Å²) in [7, 11) is 0. The number of alkyl halides is 2. The zero-order valence-corrected chi connectivity index (χ0v) is 13.9. The minimum absolute atomic E-state index is 0.0325. The summed E-state index contributed by atoms with van der Waals surface area (Å²) in [5, 5.41) is 11.3. The maximum absolute atomic E-state index is 12.7. The number of benzene rings is 1. The van der Waals surface area contributed by atoms with Crippen LogP contribution in [0.25, 0.3) is 0 Å². The SMILES string of the molecule is CC(C)(C)c1ccc(C(=O)OCc2nccn2C(F)F)cc1[N+](=O)[O-]. The number of rotatable bonds is 5. The van der Waals surface area contributed by atoms with Gasteiger partial charge < -0.3 is 4.74 Å². The van der Waals surface area contributed by atoms with E-state index in [1.807, 2.05) is 20.8 Å². The van der Waals surface area contributed by atoms with Gasteiger partial charge in [0.2, 0.25) is 0 Å². The number of halogens is 2. The van der Waals surface area contributed by atoms with Crippen molar-refractivity contribution in [3.63, 3.8) is 0 Å². The molecule has 2 aromatic rings. The lowest BCUT2D eigenvalue weighted by Crippen LogP contribution is -2.15. The fourth-order valence-corrected chi connectivity index (χ4v) is 2.29. The van der Waals surface area contributed by atoms with Crippen molar-refractivity contribution in [3.8, 4) is 0 Å². The number of carbonyl (C=O) groups excluding carboxylic acids is 1. The van der Waals surface area contributed by atoms with Crippen LogP contribution in [0.15, 0.2) is 30.6 Å². The number of aromatic nitrogens is 2. The number of nitro benzene ring substituents is 1. The Labute approximate surface area is 142 Å². The lowest BCUT2D eigenvalue weighted by Gasteiger charge is -2.19. The largest absolute Gasteiger partial charge is 0.454 e. The molecule has 0 spiro atoms. The van der Waals surface area contributed by atoms with Crippen molar-refractivity contribution in [1.82, 2.24) is 9.55 Å². The summed E-state index contributed by atoms with van der Waals surface area (Å²) in [6.45, 7) is 2.18. The van der Waals surface area contributed by atoms with Crippen LogP contribution in [0.1, 0.15) is 49.1 Å². The van der Waals surface area contributed by atoms with Gasteiger partial charge in [-0.3, -0.25) is 14.7 Å². The van der Waals surface area contributed by atoms with E-state index < -0.39 is 29.5 Å². The smallest absolute Gasteiger partial charge is 0.338 e. The first-order valence-electron chi connectivity index (χ1n) is 7.37. The van der Waals surface area contributed by atoms with Crippen molar-refractivity contribution < 1.29 is 23.2 Å². The molecule has 134 valence electrons. The van der Waals surface area contributed by atoms with E-state index in [4.69, 9.17) is 4.74 Å². The maximum atomic E-state index is 12.7. The minimum atomic E-state index is -2.80. The molecule has 0 saturated carbocycles. The van der Waals surface area contributed by atoms with Gasteiger partial charge in [0, 0.05) is 24.0 Å². The number of nitro groups is 1. The fraction of sp³-hybridized carbons (Fsp3) is 0.375. The Balaban J connectivity index is 2.21. The molecular weight excluding hydrogens is 336 g/mol. The third kappa shape index (κ3) is 4.17. The van der Waals surface area contributed by atoms with Crippen molar-refractivity contribution in [2.45, 2.75) is 39.3 Å². The first-order chi connectivity index (χ1) is 11.6. The van der Waals surface area contributed by atoms with E-state index in [-0.39, 0.29) is 17.1 Å². The van der Waals surface area contributed by atoms with Crippen molar-refractivity contribution in [2.75, 3.05) is 0 Å². The molecule has 0 aliphatic carbocycles. The molecule has 0 fully saturated rings. The molecule has 1 heterocycles. The number of imidazole rings is 1. The quantitative estimate of drug-likeness (QED) is 0.463. The molecule has 1 aromatic heterocycles. The highest BCUT2D eigenvalue weighted by molar-refractivity contribution is 5.90. The van der Waals surface area contributed by atoms with Gasteiger partial charge in [-0.1, -0.05) is 26.8 Å². The first kappa shape index (κ1) is 18.5. The predicted octanol–water partition coefficient (Wildman–Crippen LogP) is 3.84. The van der Waals surface area contributed by atoms with Crippen LogP contribution >= 0.6 is 0 Å². The summed E-state index contributed by atoms with van der Waals surface area (Å²) < 4.78 is 30.9. The zero-order valence-electron chi connectivity index (χ0n) is 13.9. The molecule has 0 bridgehead atoms. The fourth-order valence-electron chi connectivity index (χ4n) is 2.29. The second kappa shape index (κ2) is 6.96. The zero-order chi connectivity index (χ0) is 18.8. The van der Waals surface area contributed by atoms with E-state index in [0.29, 0.717) is 10.1 Å². The number of hydrogen-bond acceptors (Lipinski definition) is 5. The molecule has 7 nitrogen and oxygen atoms in total. The monoisotopic (exact) mass is 353 g/mol. The average Bonchev–Trinajstić information content (AvgIpc) is 2.99. The van der Waals surface area contributed by atoms with E-state index in [1.165, 1.54) is 12.1 Å². The molecule has 1 aromatic carbocycles. The highest BCUT2D eigenvalue weighted by Gasteiger charge is 2.26. The number of carbonyl (C=O) groups is 1. The molecule has 0 atom stereocenters. The summed E-state index contributed by atoms with van der Waals surface area (Å²) >= 11 is 0. The Bertz CT molecular complexity index is 797. The molecule has 9 heteroatoms. The van der Waals surface area contributed by atoms with Crippen molar-refractivity contribution in [3.05, 3.63) is 57.7 Å². The molecule has 0 aliphatic heterocycles. The van der Waals surface area contributed by atoms with Crippen molar-refractivity contribution in [2.24, 2.45) is 0 Å². The van der Waals surface area contributed by atoms with Crippen LogP contribution in [0.3, 0.4) is 0 Å². The van der Waals surface area contributed by atoms with Crippen LogP contribution in [-0.4, -0.2) is 20.4 Å². The van der Waals surface area contributed by atoms with E-state index in [1.54, 1.807) is 0 Å². The van der Waals surface area contributed by atoms with Gasteiger partial charge in [0.1, 0.15) is 6.61 Å². The second-order valence-corrected chi connectivity index (χ2v) is 6.34. The van der Waals surface area contributed by atoms with Crippen LogP contribution in [0.2, 0.25) is 0 Å². The van der Waals surface area contributed by atoms with Crippen molar-refractivity contribution >= 4 is 11.7 Å². The molecular formula is C16H17F2N3O4. The Morgan fingerprint density at radius 1 is 1.40 bits per heavy atom. The Morgan fingerprint density at radius 3 is 2.64 bits per heavy atom. The van der Waals surface area contributed by atoms with Gasteiger partial charge in [0.25, 0.3) is 5.69 Å². The molecule has 25 heavy (non-hydrogen) atoms. The molecule has 0 unspecified atom stereocenters. The number of ether oxygens (including phenoxy) is 1. The van der Waals surface area contributed by atoms with Crippen molar-refractivity contribution in [1.29, 1.82) is 0 Å². The van der Waals surface area contributed by atoms with Crippen LogP contribution < -0.4 is 0 Å². The Morgan fingerprint density at radius 2 is 2.08 bits per heavy atom. The summed E-state index contributed by atoms with van der Waals surface area (Å²) in [5.41, 5.74) is -0.236. The van der Waals surface area contributed by atoms with Gasteiger partial charge in [-0.2, -0.15) is 8.78 Å². The van der Waals surface area contributed by atoms with E-state index in [0.717, 1.165) is 18.5 Å². The average molecular weight is 353 g/mol. The number of hydrogen-bond donors (Lipinski definition) is 0. The molecule has 0 amide bonds. The van der Waals surface area contributed by atoms with Gasteiger partial charge >= 0.3 is 12.5 Å². The third-order valence-electron chi connectivity index (χ3n) is 3.53. The summed E-state index contributed by atoms with van der Waals surface area (Å²) in [4.78, 5) is 26.5. The summed E-state index contributed by atoms with van der Waals surface area (Å²) in [6.07, 6.45) is 2.23. The molecule has 0 radical (unpaired) electrons. The van der Waals surface area contributed by atoms with Gasteiger partial charge in [0.05, 0.1) is 10.5 Å². The predicted molar refractivity (Wildman–Crippen MR) is 84.4 cm³/mol. The van der Waals surface area contributed by atoms with Crippen LogP contribution in [0.5, 0.6) is 0 Å². The van der Waals surface area contributed by atoms with Gasteiger partial charge in [-0.25, -0.2) is 9.78 Å². The highest BCUT2D eigenvalue weighted by Crippen LogP contribution is 2.32. The first-order valence-corrected chi connectivity index (χ1v) is 7.37. The molecule has 0 N–H and O–H groups in total. The maximum Gasteiger partial charge on any atom is 0.338 e. The normalized spacial score (nSPS) is 11.6. The standard InChI is InChI=1S/C16H17F2N3O4/c1-16(2,3)11-5-4-10(8-12(11)21(23)24)14(22)25-9-13-19-6-7-20(13)15(17)18/h4-8,15H,9H2,1-3H3. The van der Waals surface area contributed by atoms with Crippen LogP contribution in [0.4, 0.5) is 14.5 Å². The number of nitrogens with zero attached hydrogens (tertiary/aromatic N) is 3. The Hall–Kier alpha value is -2.84. The topological polar surface area (TPSA) is 87.3 Å². The minimum Gasteiger partial charge on any atom is -0.454 e. The highest BCUT2D eigenvalue weighted by atomic mass is 19.3. The second-order valence-electron chi connectivity index (χ2n) is 6.34. The molecule has 0 saturated heterocycles. The summed E-state index contributed by atoms with van der Waals surface area (Å²) in [5.74, 6) is -0.975. The van der Waals surface area contributed by atoms with E-state index in [9.17, 15) is 23.7 Å². The van der Waals surface area contributed by atoms with Gasteiger partial charge in [-0.05, 0) is 11.5 Å². The van der Waals surface area contributed by atoms with E-state index >= 15 is 0 Å². The lowest BCUT2D eigenvalue weighted by atomic mass is 9.85. The molecule has 2 rings (SSSR count). The van der Waals surface area contributed by atoms with Gasteiger partial charge in [0.15, 0.2) is 5.82 Å². The van der Waals surface area contributed by atoms with Crippen LogP contribution in [0, 0.1) is 10.1 Å². The van der Waals surface area contributed by atoms with Gasteiger partial charge in [-0.15, -0.1) is 0 Å². The van der Waals surface area contributed by atoms with E-state index in [2.05, 4.69) is 4.98 Å². The third-order valence-corrected chi connectivity index (χ3v) is 3.53. The summed E-state index contributed by atoms with van der Waals surface area (Å²) in [6, 6.07) is 4.03. The Kier molecular flexibility index (Phi) is 5.15. The van der Waals surface area contributed by atoms with Crippen LogP contribution in [-0.2, 0) is 16.8 Å². The molecule has 0 aliphatic rings.